The Kier molecular flexibility index (Phi) is 6.07. The smallest absolute Gasteiger partial charge is 0.241 e. The lowest BCUT2D eigenvalue weighted by Crippen LogP contribution is -2.41. The van der Waals surface area contributed by atoms with E-state index in [4.69, 9.17) is 11.6 Å². The lowest BCUT2D eigenvalue weighted by atomic mass is 10.00. The maximum atomic E-state index is 12.1. The summed E-state index contributed by atoms with van der Waals surface area (Å²) in [6.07, 6.45) is 7.60. The zero-order valence-electron chi connectivity index (χ0n) is 13.1. The fourth-order valence-corrected chi connectivity index (χ4v) is 3.45. The first-order chi connectivity index (χ1) is 10.9. The van der Waals surface area contributed by atoms with Crippen LogP contribution in [0.2, 0.25) is 5.02 Å². The van der Waals surface area contributed by atoms with Gasteiger partial charge in [0.1, 0.15) is 6.54 Å². The SMILES string of the molecule is CS(=O)(=O)N(CC(=O)NCC1=CCCCC1)c1ccc(Cl)cc1. The Bertz CT molecular complexity index is 684. The average molecular weight is 357 g/mol. The molecule has 1 aromatic rings. The summed E-state index contributed by atoms with van der Waals surface area (Å²) in [5.41, 5.74) is 1.63. The number of anilines is 1. The number of nitrogens with zero attached hydrogens (tertiary/aromatic N) is 1. The molecule has 0 aromatic heterocycles. The van der Waals surface area contributed by atoms with E-state index in [0.717, 1.165) is 29.8 Å². The van der Waals surface area contributed by atoms with E-state index in [2.05, 4.69) is 11.4 Å². The number of sulfonamides is 1. The van der Waals surface area contributed by atoms with Crippen LogP contribution in [0, 0.1) is 0 Å². The van der Waals surface area contributed by atoms with Crippen LogP contribution >= 0.6 is 11.6 Å². The van der Waals surface area contributed by atoms with Crippen molar-refractivity contribution < 1.29 is 13.2 Å². The highest BCUT2D eigenvalue weighted by atomic mass is 35.5. The van der Waals surface area contributed by atoms with Crippen molar-refractivity contribution >= 4 is 33.2 Å². The first kappa shape index (κ1) is 17.8. The third kappa shape index (κ3) is 5.55. The van der Waals surface area contributed by atoms with E-state index in [9.17, 15) is 13.2 Å². The monoisotopic (exact) mass is 356 g/mol. The first-order valence-electron chi connectivity index (χ1n) is 7.54. The van der Waals surface area contributed by atoms with Gasteiger partial charge in [0.15, 0.2) is 0 Å². The number of hydrogen-bond donors (Lipinski definition) is 1. The Morgan fingerprint density at radius 1 is 1.26 bits per heavy atom. The van der Waals surface area contributed by atoms with E-state index >= 15 is 0 Å². The van der Waals surface area contributed by atoms with Crippen LogP contribution < -0.4 is 9.62 Å². The van der Waals surface area contributed by atoms with Crippen LogP contribution in [-0.4, -0.2) is 33.7 Å². The molecule has 2 rings (SSSR count). The van der Waals surface area contributed by atoms with Crippen molar-refractivity contribution in [2.24, 2.45) is 0 Å². The predicted molar refractivity (Wildman–Crippen MR) is 93.2 cm³/mol. The largest absolute Gasteiger partial charge is 0.351 e. The van der Waals surface area contributed by atoms with Crippen molar-refractivity contribution in [2.75, 3.05) is 23.7 Å². The van der Waals surface area contributed by atoms with E-state index < -0.39 is 10.0 Å². The molecule has 5 nitrogen and oxygen atoms in total. The van der Waals surface area contributed by atoms with Gasteiger partial charge in [0.25, 0.3) is 0 Å². The third-order valence-electron chi connectivity index (χ3n) is 3.70. The highest BCUT2D eigenvalue weighted by Crippen LogP contribution is 2.20. The van der Waals surface area contributed by atoms with Gasteiger partial charge in [-0.25, -0.2) is 8.42 Å². The molecule has 0 fully saturated rings. The zero-order valence-corrected chi connectivity index (χ0v) is 14.7. The second-order valence-corrected chi connectivity index (χ2v) is 7.97. The van der Waals surface area contributed by atoms with Gasteiger partial charge in [-0.05, 0) is 49.9 Å². The molecule has 1 aromatic carbocycles. The van der Waals surface area contributed by atoms with Crippen molar-refractivity contribution in [1.29, 1.82) is 0 Å². The molecule has 126 valence electrons. The molecule has 0 spiro atoms. The number of hydrogen-bond acceptors (Lipinski definition) is 3. The van der Waals surface area contributed by atoms with Gasteiger partial charge >= 0.3 is 0 Å². The Morgan fingerprint density at radius 3 is 2.52 bits per heavy atom. The van der Waals surface area contributed by atoms with Gasteiger partial charge in [-0.1, -0.05) is 23.3 Å². The fourth-order valence-electron chi connectivity index (χ4n) is 2.47. The van der Waals surface area contributed by atoms with Crippen molar-refractivity contribution in [3.8, 4) is 0 Å². The highest BCUT2D eigenvalue weighted by molar-refractivity contribution is 7.92. The topological polar surface area (TPSA) is 66.5 Å². The lowest BCUT2D eigenvalue weighted by molar-refractivity contribution is -0.119. The molecule has 0 atom stereocenters. The summed E-state index contributed by atoms with van der Waals surface area (Å²) >= 11 is 5.82. The van der Waals surface area contributed by atoms with Gasteiger partial charge in [-0.3, -0.25) is 9.10 Å². The van der Waals surface area contributed by atoms with Crippen molar-refractivity contribution in [1.82, 2.24) is 5.32 Å². The lowest BCUT2D eigenvalue weighted by Gasteiger charge is -2.22. The molecule has 0 saturated carbocycles. The minimum atomic E-state index is -3.55. The predicted octanol–water partition coefficient (Wildman–Crippen LogP) is 2.72. The summed E-state index contributed by atoms with van der Waals surface area (Å²) < 4.78 is 25.0. The molecule has 1 aliphatic rings. The van der Waals surface area contributed by atoms with Crippen LogP contribution in [0.4, 0.5) is 5.69 Å². The molecule has 1 amide bonds. The minimum Gasteiger partial charge on any atom is -0.351 e. The molecule has 0 saturated heterocycles. The van der Waals surface area contributed by atoms with Crippen molar-refractivity contribution in [2.45, 2.75) is 25.7 Å². The summed E-state index contributed by atoms with van der Waals surface area (Å²) in [4.78, 5) is 12.1. The molecular weight excluding hydrogens is 336 g/mol. The number of rotatable bonds is 6. The van der Waals surface area contributed by atoms with Crippen molar-refractivity contribution in [3.05, 3.63) is 40.9 Å². The first-order valence-corrected chi connectivity index (χ1v) is 9.77. The van der Waals surface area contributed by atoms with Gasteiger partial charge in [0.2, 0.25) is 15.9 Å². The Labute approximate surface area is 142 Å². The van der Waals surface area contributed by atoms with Gasteiger partial charge in [0, 0.05) is 11.6 Å². The number of carbonyl (C=O) groups excluding carboxylic acids is 1. The van der Waals surface area contributed by atoms with Crippen LogP contribution in [0.3, 0.4) is 0 Å². The van der Waals surface area contributed by atoms with Crippen LogP contribution in [0.5, 0.6) is 0 Å². The molecule has 0 heterocycles. The van der Waals surface area contributed by atoms with Gasteiger partial charge in [-0.15, -0.1) is 0 Å². The number of amides is 1. The zero-order chi connectivity index (χ0) is 16.9. The van der Waals surface area contributed by atoms with E-state index in [1.54, 1.807) is 24.3 Å². The number of carbonyl (C=O) groups is 1. The third-order valence-corrected chi connectivity index (χ3v) is 5.09. The summed E-state index contributed by atoms with van der Waals surface area (Å²) in [7, 11) is -3.55. The normalized spacial score (nSPS) is 15.0. The maximum Gasteiger partial charge on any atom is 0.241 e. The molecular formula is C16H21ClN2O3S. The van der Waals surface area contributed by atoms with Gasteiger partial charge in [0.05, 0.1) is 11.9 Å². The van der Waals surface area contributed by atoms with Crippen LogP contribution in [0.15, 0.2) is 35.9 Å². The van der Waals surface area contributed by atoms with Crippen molar-refractivity contribution in [3.63, 3.8) is 0 Å². The molecule has 0 bridgehead atoms. The number of allylic oxidation sites excluding steroid dienone is 1. The van der Waals surface area contributed by atoms with Gasteiger partial charge in [-0.2, -0.15) is 0 Å². The van der Waals surface area contributed by atoms with E-state index in [1.165, 1.54) is 12.0 Å². The summed E-state index contributed by atoms with van der Waals surface area (Å²) in [5, 5.41) is 3.31. The Morgan fingerprint density at radius 2 is 1.96 bits per heavy atom. The number of nitrogens with one attached hydrogen (secondary N) is 1. The molecule has 23 heavy (non-hydrogen) atoms. The maximum absolute atomic E-state index is 12.1. The van der Waals surface area contributed by atoms with Crippen LogP contribution in [0.1, 0.15) is 25.7 Å². The number of benzene rings is 1. The minimum absolute atomic E-state index is 0.242. The fraction of sp³-hybridized carbons (Fsp3) is 0.438. The van der Waals surface area contributed by atoms with E-state index in [-0.39, 0.29) is 12.5 Å². The summed E-state index contributed by atoms with van der Waals surface area (Å²) in [5.74, 6) is -0.322. The molecule has 0 unspecified atom stereocenters. The Balaban J connectivity index is 2.01. The van der Waals surface area contributed by atoms with Crippen LogP contribution in [-0.2, 0) is 14.8 Å². The molecule has 0 radical (unpaired) electrons. The molecule has 1 aliphatic carbocycles. The summed E-state index contributed by atoms with van der Waals surface area (Å²) in [6, 6.07) is 6.36. The average Bonchev–Trinajstić information content (AvgIpc) is 2.52. The van der Waals surface area contributed by atoms with Gasteiger partial charge < -0.3 is 5.32 Å². The standard InChI is InChI=1S/C16H21ClN2O3S/c1-23(21,22)19(15-9-7-14(17)8-10-15)12-16(20)18-11-13-5-3-2-4-6-13/h5,7-10H,2-4,6,11-12H2,1H3,(H,18,20). The number of halogens is 1. The van der Waals surface area contributed by atoms with Crippen LogP contribution in [0.25, 0.3) is 0 Å². The second kappa shape index (κ2) is 7.84. The molecule has 7 heteroatoms. The van der Waals surface area contributed by atoms with E-state index in [1.807, 2.05) is 0 Å². The molecule has 0 aliphatic heterocycles. The summed E-state index contributed by atoms with van der Waals surface area (Å²) in [6.45, 7) is 0.241. The molecule has 1 N–H and O–H groups in total. The quantitative estimate of drug-likeness (QED) is 0.797. The van der Waals surface area contributed by atoms with E-state index in [0.29, 0.717) is 17.3 Å². The second-order valence-electron chi connectivity index (χ2n) is 5.63. The Hall–Kier alpha value is -1.53. The highest BCUT2D eigenvalue weighted by Gasteiger charge is 2.20.